The summed E-state index contributed by atoms with van der Waals surface area (Å²) in [4.78, 5) is 4.53. The van der Waals surface area contributed by atoms with Crippen molar-refractivity contribution in [1.82, 2.24) is 5.43 Å². The topological polar surface area (TPSA) is 62.4 Å². The number of benzene rings is 1. The smallest absolute Gasteiger partial charge is 0.210 e. The van der Waals surface area contributed by atoms with Crippen LogP contribution in [-0.2, 0) is 0 Å². The van der Waals surface area contributed by atoms with Gasteiger partial charge in [0.25, 0.3) is 0 Å². The molecule has 1 aliphatic rings. The van der Waals surface area contributed by atoms with Crippen LogP contribution in [0.1, 0.15) is 25.7 Å². The minimum Gasteiger partial charge on any atom is -0.324 e. The summed E-state index contributed by atoms with van der Waals surface area (Å²) in [5.74, 6) is 5.74. The highest BCUT2D eigenvalue weighted by Crippen LogP contribution is 2.22. The predicted molar refractivity (Wildman–Crippen MR) is 79.8 cm³/mol. The Morgan fingerprint density at radius 3 is 2.72 bits per heavy atom. The molecule has 0 radical (unpaired) electrons. The third kappa shape index (κ3) is 3.55. The van der Waals surface area contributed by atoms with E-state index in [1.54, 1.807) is 6.07 Å². The summed E-state index contributed by atoms with van der Waals surface area (Å²) in [6.07, 6.45) is 4.65. The van der Waals surface area contributed by atoms with Gasteiger partial charge in [-0.05, 0) is 53.6 Å². The lowest BCUT2D eigenvalue weighted by molar-refractivity contribution is 0.627. The second-order valence-corrected chi connectivity index (χ2v) is 5.47. The van der Waals surface area contributed by atoms with Crippen molar-refractivity contribution < 1.29 is 4.39 Å². The molecule has 0 aromatic heterocycles. The fourth-order valence-electron chi connectivity index (χ4n) is 2.04. The summed E-state index contributed by atoms with van der Waals surface area (Å²) in [7, 11) is 0. The van der Waals surface area contributed by atoms with Crippen molar-refractivity contribution in [2.24, 2.45) is 10.8 Å². The summed E-state index contributed by atoms with van der Waals surface area (Å²) < 4.78 is 13.8. The highest BCUT2D eigenvalue weighted by Gasteiger charge is 2.14. The number of anilines is 1. The molecule has 0 heterocycles. The Morgan fingerprint density at radius 1 is 1.39 bits per heavy atom. The van der Waals surface area contributed by atoms with Gasteiger partial charge in [0.15, 0.2) is 0 Å². The zero-order valence-electron chi connectivity index (χ0n) is 9.92. The van der Waals surface area contributed by atoms with Crippen LogP contribution >= 0.6 is 22.6 Å². The summed E-state index contributed by atoms with van der Waals surface area (Å²) in [6, 6.07) is 4.89. The van der Waals surface area contributed by atoms with Crippen LogP contribution in [0, 0.1) is 9.39 Å². The van der Waals surface area contributed by atoms with Gasteiger partial charge < -0.3 is 5.32 Å². The molecule has 1 aromatic carbocycles. The first-order valence-corrected chi connectivity index (χ1v) is 7.03. The maximum absolute atomic E-state index is 13.0. The zero-order valence-corrected chi connectivity index (χ0v) is 12.1. The summed E-state index contributed by atoms with van der Waals surface area (Å²) in [6.45, 7) is 0. The molecule has 6 heteroatoms. The number of nitrogens with zero attached hydrogens (tertiary/aromatic N) is 1. The average Bonchev–Trinajstić information content (AvgIpc) is 2.84. The van der Waals surface area contributed by atoms with Crippen LogP contribution in [-0.4, -0.2) is 12.0 Å². The number of hydrazine groups is 1. The monoisotopic (exact) mass is 362 g/mol. The van der Waals surface area contributed by atoms with E-state index >= 15 is 0 Å². The van der Waals surface area contributed by atoms with E-state index in [4.69, 9.17) is 5.84 Å². The molecule has 0 aliphatic heterocycles. The second kappa shape index (κ2) is 6.33. The molecule has 1 saturated carbocycles. The molecule has 4 N–H and O–H groups in total. The van der Waals surface area contributed by atoms with Gasteiger partial charge in [0, 0.05) is 3.57 Å². The third-order valence-electron chi connectivity index (χ3n) is 2.96. The molecule has 0 atom stereocenters. The lowest BCUT2D eigenvalue weighted by atomic mass is 10.3. The highest BCUT2D eigenvalue weighted by atomic mass is 127. The van der Waals surface area contributed by atoms with Gasteiger partial charge >= 0.3 is 0 Å². The lowest BCUT2D eigenvalue weighted by Crippen LogP contribution is -2.37. The molecule has 4 nitrogen and oxygen atoms in total. The van der Waals surface area contributed by atoms with Gasteiger partial charge in [-0.1, -0.05) is 12.8 Å². The van der Waals surface area contributed by atoms with Gasteiger partial charge in [-0.2, -0.15) is 0 Å². The van der Waals surface area contributed by atoms with Crippen LogP contribution < -0.4 is 16.6 Å². The molecule has 2 rings (SSSR count). The minimum atomic E-state index is -0.250. The molecular formula is C12H16FIN4. The van der Waals surface area contributed by atoms with Crippen LogP contribution in [0.15, 0.2) is 23.2 Å². The maximum atomic E-state index is 13.0. The number of aliphatic imine (C=N–C) groups is 1. The fourth-order valence-corrected chi connectivity index (χ4v) is 2.65. The van der Waals surface area contributed by atoms with E-state index in [2.05, 4.69) is 38.3 Å². The van der Waals surface area contributed by atoms with Gasteiger partial charge in [-0.3, -0.25) is 5.43 Å². The number of nitrogens with two attached hydrogens (primary N) is 1. The first kappa shape index (κ1) is 13.5. The highest BCUT2D eigenvalue weighted by molar-refractivity contribution is 14.1. The number of hydrogen-bond donors (Lipinski definition) is 3. The first-order valence-electron chi connectivity index (χ1n) is 5.95. The number of halogens is 2. The van der Waals surface area contributed by atoms with Crippen molar-refractivity contribution in [3.8, 4) is 0 Å². The molecule has 18 heavy (non-hydrogen) atoms. The van der Waals surface area contributed by atoms with E-state index < -0.39 is 0 Å². The fraction of sp³-hybridized carbons (Fsp3) is 0.417. The van der Waals surface area contributed by atoms with Gasteiger partial charge in [0.1, 0.15) is 5.82 Å². The molecule has 1 fully saturated rings. The summed E-state index contributed by atoms with van der Waals surface area (Å²) in [5, 5.41) is 3.09. The van der Waals surface area contributed by atoms with E-state index in [-0.39, 0.29) is 5.82 Å². The van der Waals surface area contributed by atoms with Gasteiger partial charge in [0.05, 0.1) is 11.7 Å². The molecule has 0 unspecified atom stereocenters. The van der Waals surface area contributed by atoms with E-state index in [9.17, 15) is 4.39 Å². The van der Waals surface area contributed by atoms with Crippen molar-refractivity contribution in [3.05, 3.63) is 27.6 Å². The molecule has 0 bridgehead atoms. The third-order valence-corrected chi connectivity index (χ3v) is 3.85. The van der Waals surface area contributed by atoms with Crippen molar-refractivity contribution in [2.45, 2.75) is 31.7 Å². The second-order valence-electron chi connectivity index (χ2n) is 4.31. The number of rotatable bonds is 2. The Morgan fingerprint density at radius 2 is 2.11 bits per heavy atom. The standard InChI is InChI=1S/C12H16FIN4/c13-8-5-6-11(10(14)7-8)17-12(18-15)16-9-3-1-2-4-9/h5-7,9H,1-4,15H2,(H2,16,17,18). The normalized spacial score (nSPS) is 16.9. The summed E-state index contributed by atoms with van der Waals surface area (Å²) >= 11 is 2.07. The number of nitrogens with one attached hydrogen (secondary N) is 2. The van der Waals surface area contributed by atoms with E-state index in [1.165, 1.54) is 25.0 Å². The molecule has 1 aliphatic carbocycles. The Kier molecular flexibility index (Phi) is 4.76. The maximum Gasteiger partial charge on any atom is 0.210 e. The summed E-state index contributed by atoms with van der Waals surface area (Å²) in [5.41, 5.74) is 3.36. The zero-order chi connectivity index (χ0) is 13.0. The van der Waals surface area contributed by atoms with Crippen LogP contribution in [0.4, 0.5) is 10.1 Å². The van der Waals surface area contributed by atoms with Crippen LogP contribution in [0.2, 0.25) is 0 Å². The van der Waals surface area contributed by atoms with Crippen LogP contribution in [0.5, 0.6) is 0 Å². The largest absolute Gasteiger partial charge is 0.324 e. The van der Waals surface area contributed by atoms with E-state index in [0.29, 0.717) is 12.0 Å². The van der Waals surface area contributed by atoms with Gasteiger partial charge in [0.2, 0.25) is 5.96 Å². The van der Waals surface area contributed by atoms with Crippen molar-refractivity contribution in [3.63, 3.8) is 0 Å². The van der Waals surface area contributed by atoms with E-state index in [0.717, 1.165) is 22.1 Å². The average molecular weight is 362 g/mol. The Balaban J connectivity index is 2.09. The van der Waals surface area contributed by atoms with E-state index in [1.807, 2.05) is 0 Å². The molecule has 0 saturated heterocycles. The molecule has 98 valence electrons. The SMILES string of the molecule is NNC(=NC1CCCC1)Nc1ccc(F)cc1I. The Bertz CT molecular complexity index is 444. The van der Waals surface area contributed by atoms with Gasteiger partial charge in [-0.25, -0.2) is 15.2 Å². The van der Waals surface area contributed by atoms with Crippen molar-refractivity contribution in [1.29, 1.82) is 0 Å². The predicted octanol–water partition coefficient (Wildman–Crippen LogP) is 2.60. The minimum absolute atomic E-state index is 0.250. The molecule has 1 aromatic rings. The quantitative estimate of drug-likeness (QED) is 0.249. The van der Waals surface area contributed by atoms with Crippen molar-refractivity contribution >= 4 is 34.2 Å². The Labute approximate surface area is 119 Å². The first-order chi connectivity index (χ1) is 8.69. The Hall–Kier alpha value is -0.890. The lowest BCUT2D eigenvalue weighted by Gasteiger charge is -2.13. The molecule has 0 spiro atoms. The number of hydrogen-bond acceptors (Lipinski definition) is 2. The van der Waals surface area contributed by atoms with Crippen LogP contribution in [0.25, 0.3) is 0 Å². The van der Waals surface area contributed by atoms with Gasteiger partial charge in [-0.15, -0.1) is 0 Å². The van der Waals surface area contributed by atoms with Crippen LogP contribution in [0.3, 0.4) is 0 Å². The van der Waals surface area contributed by atoms with Crippen molar-refractivity contribution in [2.75, 3.05) is 5.32 Å². The molecule has 0 amide bonds. The number of guanidine groups is 1. The molecular weight excluding hydrogens is 346 g/mol.